The highest BCUT2D eigenvalue weighted by atomic mass is 16.5. The molecule has 0 fully saturated rings. The fourth-order valence-electron chi connectivity index (χ4n) is 1.18. The highest BCUT2D eigenvalue weighted by molar-refractivity contribution is 4.70. The molecule has 0 aromatic carbocycles. The van der Waals surface area contributed by atoms with E-state index in [0.717, 1.165) is 19.4 Å². The van der Waals surface area contributed by atoms with E-state index in [1.807, 2.05) is 13.0 Å². The fourth-order valence-corrected chi connectivity index (χ4v) is 1.18. The lowest BCUT2D eigenvalue weighted by atomic mass is 10.3. The van der Waals surface area contributed by atoms with Crippen molar-refractivity contribution in [3.63, 3.8) is 0 Å². The molecule has 0 radical (unpaired) electrons. The van der Waals surface area contributed by atoms with Crippen LogP contribution in [0.1, 0.15) is 33.1 Å². The maximum absolute atomic E-state index is 5.49. The third kappa shape index (κ3) is 11.7. The molecule has 0 amide bonds. The predicted molar refractivity (Wildman–Crippen MR) is 66.8 cm³/mol. The van der Waals surface area contributed by atoms with Crippen molar-refractivity contribution in [2.75, 3.05) is 33.0 Å². The van der Waals surface area contributed by atoms with Crippen molar-refractivity contribution in [2.24, 2.45) is 0 Å². The van der Waals surface area contributed by atoms with Gasteiger partial charge in [-0.25, -0.2) is 0 Å². The van der Waals surface area contributed by atoms with E-state index in [1.165, 1.54) is 6.42 Å². The third-order valence-corrected chi connectivity index (χ3v) is 2.14. The molecule has 96 valence electrons. The topological polar surface area (TPSA) is 27.7 Å². The Balaban J connectivity index is 3.00. The Morgan fingerprint density at radius 3 is 2.31 bits per heavy atom. The normalized spacial score (nSPS) is 12.6. The van der Waals surface area contributed by atoms with Crippen molar-refractivity contribution in [3.8, 4) is 0 Å². The summed E-state index contributed by atoms with van der Waals surface area (Å²) in [7, 11) is 0. The van der Waals surface area contributed by atoms with Gasteiger partial charge in [0.15, 0.2) is 0 Å². The van der Waals surface area contributed by atoms with Gasteiger partial charge in [0.2, 0.25) is 0 Å². The molecule has 0 aromatic rings. The molecular weight excluding hydrogens is 204 g/mol. The molecule has 16 heavy (non-hydrogen) atoms. The molecule has 0 spiro atoms. The van der Waals surface area contributed by atoms with Crippen LogP contribution in [0.25, 0.3) is 0 Å². The van der Waals surface area contributed by atoms with Crippen LogP contribution in [0.4, 0.5) is 0 Å². The first-order valence-electron chi connectivity index (χ1n) is 6.19. The molecule has 0 aliphatic heterocycles. The van der Waals surface area contributed by atoms with Crippen molar-refractivity contribution in [2.45, 2.75) is 39.2 Å². The minimum absolute atomic E-state index is 0.238. The van der Waals surface area contributed by atoms with Gasteiger partial charge in [0.05, 0.1) is 32.5 Å². The van der Waals surface area contributed by atoms with Crippen LogP contribution in [-0.2, 0) is 14.2 Å². The summed E-state index contributed by atoms with van der Waals surface area (Å²) in [6.07, 6.45) is 5.30. The largest absolute Gasteiger partial charge is 0.379 e. The molecule has 1 atom stereocenters. The standard InChI is InChI=1S/C13H26O3/c1-4-6-8-14-9-10-15-11-12-16-13(3)7-5-2/h5,13H,2,4,6-12H2,1,3H3. The molecule has 0 saturated carbocycles. The van der Waals surface area contributed by atoms with Crippen LogP contribution in [0, 0.1) is 0 Å². The third-order valence-electron chi connectivity index (χ3n) is 2.14. The van der Waals surface area contributed by atoms with Crippen molar-refractivity contribution in [3.05, 3.63) is 12.7 Å². The van der Waals surface area contributed by atoms with E-state index >= 15 is 0 Å². The van der Waals surface area contributed by atoms with Gasteiger partial charge in [-0.3, -0.25) is 0 Å². The van der Waals surface area contributed by atoms with Crippen molar-refractivity contribution in [1.82, 2.24) is 0 Å². The van der Waals surface area contributed by atoms with Crippen molar-refractivity contribution >= 4 is 0 Å². The van der Waals surface area contributed by atoms with E-state index in [9.17, 15) is 0 Å². The van der Waals surface area contributed by atoms with Gasteiger partial charge in [-0.15, -0.1) is 6.58 Å². The zero-order valence-corrected chi connectivity index (χ0v) is 10.7. The van der Waals surface area contributed by atoms with Crippen LogP contribution < -0.4 is 0 Å². The second-order valence-corrected chi connectivity index (χ2v) is 3.78. The summed E-state index contributed by atoms with van der Waals surface area (Å²) >= 11 is 0. The van der Waals surface area contributed by atoms with Crippen LogP contribution in [0.3, 0.4) is 0 Å². The summed E-state index contributed by atoms with van der Waals surface area (Å²) in [6.45, 7) is 11.3. The van der Waals surface area contributed by atoms with E-state index < -0.39 is 0 Å². The molecule has 0 bridgehead atoms. The molecule has 0 saturated heterocycles. The Hall–Kier alpha value is -0.380. The summed E-state index contributed by atoms with van der Waals surface area (Å²) < 4.78 is 16.2. The molecule has 0 heterocycles. The molecule has 0 N–H and O–H groups in total. The van der Waals surface area contributed by atoms with Crippen LogP contribution in [0.15, 0.2) is 12.7 Å². The molecule has 0 aliphatic carbocycles. The number of unbranched alkanes of at least 4 members (excludes halogenated alkanes) is 1. The van der Waals surface area contributed by atoms with Gasteiger partial charge < -0.3 is 14.2 Å². The Morgan fingerprint density at radius 1 is 1.06 bits per heavy atom. The second-order valence-electron chi connectivity index (χ2n) is 3.78. The summed E-state index contributed by atoms with van der Waals surface area (Å²) in [5.74, 6) is 0. The van der Waals surface area contributed by atoms with Crippen molar-refractivity contribution < 1.29 is 14.2 Å². The number of rotatable bonds is 12. The average Bonchev–Trinajstić information content (AvgIpc) is 2.27. The summed E-state index contributed by atoms with van der Waals surface area (Å²) in [6, 6.07) is 0. The first-order valence-corrected chi connectivity index (χ1v) is 6.19. The first kappa shape index (κ1) is 15.6. The molecule has 1 unspecified atom stereocenters. The lowest BCUT2D eigenvalue weighted by Gasteiger charge is -2.11. The Labute approximate surface area is 99.8 Å². The van der Waals surface area contributed by atoms with E-state index in [-0.39, 0.29) is 6.10 Å². The highest BCUT2D eigenvalue weighted by Gasteiger charge is 1.98. The van der Waals surface area contributed by atoms with Gasteiger partial charge in [0, 0.05) is 6.61 Å². The van der Waals surface area contributed by atoms with Crippen LogP contribution in [0.5, 0.6) is 0 Å². The monoisotopic (exact) mass is 230 g/mol. The van der Waals surface area contributed by atoms with Crippen LogP contribution in [0.2, 0.25) is 0 Å². The predicted octanol–water partition coefficient (Wildman–Crippen LogP) is 2.80. The number of ether oxygens (including phenoxy) is 3. The quantitative estimate of drug-likeness (QED) is 0.381. The molecule has 0 aliphatic rings. The Kier molecular flexibility index (Phi) is 12.4. The van der Waals surface area contributed by atoms with E-state index in [4.69, 9.17) is 14.2 Å². The van der Waals surface area contributed by atoms with Crippen LogP contribution >= 0.6 is 0 Å². The average molecular weight is 230 g/mol. The van der Waals surface area contributed by atoms with E-state index in [2.05, 4.69) is 13.5 Å². The Bertz CT molecular complexity index is 148. The number of hydrogen-bond donors (Lipinski definition) is 0. The Morgan fingerprint density at radius 2 is 1.69 bits per heavy atom. The van der Waals surface area contributed by atoms with Gasteiger partial charge in [-0.2, -0.15) is 0 Å². The maximum Gasteiger partial charge on any atom is 0.0704 e. The minimum atomic E-state index is 0.238. The first-order chi connectivity index (χ1) is 7.81. The lowest BCUT2D eigenvalue weighted by Crippen LogP contribution is -2.14. The van der Waals surface area contributed by atoms with Gasteiger partial charge in [-0.1, -0.05) is 19.4 Å². The molecule has 3 nitrogen and oxygen atoms in total. The SMILES string of the molecule is C=CCC(C)OCCOCCOCCCC. The maximum atomic E-state index is 5.49. The smallest absolute Gasteiger partial charge is 0.0704 e. The van der Waals surface area contributed by atoms with Gasteiger partial charge in [0.25, 0.3) is 0 Å². The molecule has 3 heteroatoms. The zero-order valence-electron chi connectivity index (χ0n) is 10.7. The molecule has 0 aromatic heterocycles. The highest BCUT2D eigenvalue weighted by Crippen LogP contribution is 1.97. The second kappa shape index (κ2) is 12.7. The summed E-state index contributed by atoms with van der Waals surface area (Å²) in [5.41, 5.74) is 0. The summed E-state index contributed by atoms with van der Waals surface area (Å²) in [4.78, 5) is 0. The van der Waals surface area contributed by atoms with Gasteiger partial charge in [-0.05, 0) is 19.8 Å². The van der Waals surface area contributed by atoms with E-state index in [0.29, 0.717) is 26.4 Å². The zero-order chi connectivity index (χ0) is 12.1. The van der Waals surface area contributed by atoms with Gasteiger partial charge in [0.1, 0.15) is 0 Å². The fraction of sp³-hybridized carbons (Fsp3) is 0.846. The lowest BCUT2D eigenvalue weighted by molar-refractivity contribution is -0.00545. The van der Waals surface area contributed by atoms with Gasteiger partial charge >= 0.3 is 0 Å². The van der Waals surface area contributed by atoms with Crippen molar-refractivity contribution in [1.29, 1.82) is 0 Å². The molecule has 0 rings (SSSR count). The summed E-state index contributed by atoms with van der Waals surface area (Å²) in [5, 5.41) is 0. The molecular formula is C13H26O3. The number of hydrogen-bond acceptors (Lipinski definition) is 3. The van der Waals surface area contributed by atoms with Crippen LogP contribution in [-0.4, -0.2) is 39.1 Å². The minimum Gasteiger partial charge on any atom is -0.379 e. The van der Waals surface area contributed by atoms with E-state index in [1.54, 1.807) is 0 Å².